The molecule has 25 heavy (non-hydrogen) atoms. The van der Waals surface area contributed by atoms with E-state index in [0.717, 1.165) is 39.0 Å². The lowest BCUT2D eigenvalue weighted by molar-refractivity contribution is -0.126. The second kappa shape index (κ2) is 7.85. The fraction of sp³-hybridized carbons (Fsp3) is 0.611. The molecule has 0 bridgehead atoms. The zero-order valence-electron chi connectivity index (χ0n) is 14.7. The van der Waals surface area contributed by atoms with Crippen LogP contribution in [0.3, 0.4) is 0 Å². The molecule has 1 aromatic carbocycles. The Bertz CT molecular complexity index is 681. The third kappa shape index (κ3) is 5.03. The molecule has 0 radical (unpaired) electrons. The van der Waals surface area contributed by atoms with Gasteiger partial charge in [0.2, 0.25) is 5.91 Å². The van der Waals surface area contributed by atoms with Gasteiger partial charge in [-0.1, -0.05) is 18.2 Å². The van der Waals surface area contributed by atoms with Gasteiger partial charge >= 0.3 is 0 Å². The molecular formula is C18H27N3O3S. The first kappa shape index (κ1) is 18.4. The van der Waals surface area contributed by atoms with Crippen LogP contribution in [0.4, 0.5) is 0 Å². The quantitative estimate of drug-likeness (QED) is 0.772. The number of benzene rings is 1. The fourth-order valence-electron chi connectivity index (χ4n) is 3.08. The van der Waals surface area contributed by atoms with Crippen molar-refractivity contribution in [1.82, 2.24) is 15.1 Å². The second-order valence-electron chi connectivity index (χ2n) is 6.97. The van der Waals surface area contributed by atoms with Crippen LogP contribution >= 0.6 is 0 Å². The van der Waals surface area contributed by atoms with E-state index in [1.807, 2.05) is 13.0 Å². The number of rotatable bonds is 7. The lowest BCUT2D eigenvalue weighted by Crippen LogP contribution is -2.54. The van der Waals surface area contributed by atoms with Gasteiger partial charge in [0.1, 0.15) is 0 Å². The highest BCUT2D eigenvalue weighted by atomic mass is 32.2. The lowest BCUT2D eigenvalue weighted by atomic mass is 10.2. The summed E-state index contributed by atoms with van der Waals surface area (Å²) in [4.78, 5) is 16.9. The number of amides is 1. The van der Waals surface area contributed by atoms with Gasteiger partial charge in [0.15, 0.2) is 9.84 Å². The summed E-state index contributed by atoms with van der Waals surface area (Å²) in [5.41, 5.74) is 0. The maximum Gasteiger partial charge on any atom is 0.237 e. The number of nitrogens with one attached hydrogen (secondary N) is 1. The molecule has 1 aliphatic carbocycles. The molecule has 1 aliphatic heterocycles. The summed E-state index contributed by atoms with van der Waals surface area (Å²) in [7, 11) is -3.23. The van der Waals surface area contributed by atoms with Gasteiger partial charge in [0, 0.05) is 38.8 Å². The average molecular weight is 365 g/mol. The van der Waals surface area contributed by atoms with E-state index in [9.17, 15) is 13.2 Å². The minimum Gasteiger partial charge on any atom is -0.352 e. The summed E-state index contributed by atoms with van der Waals surface area (Å²) in [6, 6.07) is 8.88. The van der Waals surface area contributed by atoms with Crippen molar-refractivity contribution in [3.8, 4) is 0 Å². The van der Waals surface area contributed by atoms with Crippen LogP contribution in [-0.4, -0.2) is 74.7 Å². The largest absolute Gasteiger partial charge is 0.352 e. The highest BCUT2D eigenvalue weighted by molar-refractivity contribution is 7.91. The smallest absolute Gasteiger partial charge is 0.237 e. The van der Waals surface area contributed by atoms with Crippen LogP contribution in [0.15, 0.2) is 35.2 Å². The van der Waals surface area contributed by atoms with Crippen molar-refractivity contribution in [3.05, 3.63) is 30.3 Å². The third-order valence-corrected chi connectivity index (χ3v) is 6.75. The third-order valence-electron chi connectivity index (χ3n) is 5.04. The van der Waals surface area contributed by atoms with Crippen LogP contribution < -0.4 is 5.32 Å². The van der Waals surface area contributed by atoms with E-state index in [-0.39, 0.29) is 17.7 Å². The number of hydrogen-bond donors (Lipinski definition) is 1. The Kier molecular flexibility index (Phi) is 5.76. The molecule has 1 amide bonds. The topological polar surface area (TPSA) is 69.7 Å². The van der Waals surface area contributed by atoms with Gasteiger partial charge in [-0.25, -0.2) is 8.42 Å². The molecule has 0 aromatic heterocycles. The molecule has 2 aliphatic rings. The molecule has 1 saturated heterocycles. The van der Waals surface area contributed by atoms with E-state index in [1.54, 1.807) is 24.3 Å². The summed E-state index contributed by atoms with van der Waals surface area (Å²) in [5, 5.41) is 3.05. The van der Waals surface area contributed by atoms with Gasteiger partial charge in [-0.2, -0.15) is 0 Å². The maximum atomic E-state index is 12.4. The van der Waals surface area contributed by atoms with E-state index >= 15 is 0 Å². The Morgan fingerprint density at radius 3 is 2.40 bits per heavy atom. The molecule has 2 fully saturated rings. The summed E-state index contributed by atoms with van der Waals surface area (Å²) in [5.74, 6) is 0.247. The van der Waals surface area contributed by atoms with Gasteiger partial charge in [0.05, 0.1) is 16.7 Å². The van der Waals surface area contributed by atoms with Gasteiger partial charge in [-0.3, -0.25) is 14.6 Å². The van der Waals surface area contributed by atoms with Crippen molar-refractivity contribution in [2.24, 2.45) is 0 Å². The summed E-state index contributed by atoms with van der Waals surface area (Å²) < 4.78 is 24.7. The van der Waals surface area contributed by atoms with Crippen LogP contribution in [0.25, 0.3) is 0 Å². The summed E-state index contributed by atoms with van der Waals surface area (Å²) >= 11 is 0. The van der Waals surface area contributed by atoms with E-state index in [4.69, 9.17) is 0 Å². The van der Waals surface area contributed by atoms with E-state index in [0.29, 0.717) is 17.5 Å². The first-order chi connectivity index (χ1) is 12.0. The second-order valence-corrected chi connectivity index (χ2v) is 9.08. The fourth-order valence-corrected chi connectivity index (χ4v) is 4.39. The van der Waals surface area contributed by atoms with Crippen molar-refractivity contribution in [3.63, 3.8) is 0 Å². The normalized spacial score (nSPS) is 21.0. The predicted octanol–water partition coefficient (Wildman–Crippen LogP) is 0.745. The van der Waals surface area contributed by atoms with Crippen molar-refractivity contribution in [2.45, 2.75) is 36.7 Å². The number of sulfone groups is 1. The Hall–Kier alpha value is -1.44. The van der Waals surface area contributed by atoms with Crippen LogP contribution in [0.5, 0.6) is 0 Å². The highest BCUT2D eigenvalue weighted by Crippen LogP contribution is 2.19. The van der Waals surface area contributed by atoms with Gasteiger partial charge < -0.3 is 5.32 Å². The van der Waals surface area contributed by atoms with Crippen LogP contribution in [0.1, 0.15) is 19.8 Å². The van der Waals surface area contributed by atoms with Crippen LogP contribution in [0.2, 0.25) is 0 Å². The van der Waals surface area contributed by atoms with Gasteiger partial charge in [-0.15, -0.1) is 0 Å². The number of carbonyl (C=O) groups is 1. The SMILES string of the molecule is CC(C(=O)NC1CC1)N1CCN(CCS(=O)(=O)c2ccccc2)CC1. The summed E-state index contributed by atoms with van der Waals surface area (Å²) in [6.07, 6.45) is 2.20. The molecule has 1 unspecified atom stereocenters. The summed E-state index contributed by atoms with van der Waals surface area (Å²) in [6.45, 7) is 5.67. The Morgan fingerprint density at radius 2 is 1.80 bits per heavy atom. The first-order valence-electron chi connectivity index (χ1n) is 9.00. The molecule has 0 spiro atoms. The van der Waals surface area contributed by atoms with Crippen LogP contribution in [0, 0.1) is 0 Å². The highest BCUT2D eigenvalue weighted by Gasteiger charge is 2.30. The number of nitrogens with zero attached hydrogens (tertiary/aromatic N) is 2. The van der Waals surface area contributed by atoms with Crippen molar-refractivity contribution >= 4 is 15.7 Å². The monoisotopic (exact) mass is 365 g/mol. The Labute approximate surface area is 150 Å². The van der Waals surface area contributed by atoms with Gasteiger partial charge in [0.25, 0.3) is 0 Å². The van der Waals surface area contributed by atoms with Gasteiger partial charge in [-0.05, 0) is 31.9 Å². The average Bonchev–Trinajstić information content (AvgIpc) is 3.44. The number of carbonyl (C=O) groups excluding carboxylic acids is 1. The van der Waals surface area contributed by atoms with E-state index < -0.39 is 9.84 Å². The molecule has 1 saturated carbocycles. The van der Waals surface area contributed by atoms with Crippen molar-refractivity contribution < 1.29 is 13.2 Å². The first-order valence-corrected chi connectivity index (χ1v) is 10.7. The zero-order valence-corrected chi connectivity index (χ0v) is 15.5. The van der Waals surface area contributed by atoms with E-state index in [2.05, 4.69) is 15.1 Å². The maximum absolute atomic E-state index is 12.4. The minimum atomic E-state index is -3.23. The molecule has 138 valence electrons. The lowest BCUT2D eigenvalue weighted by Gasteiger charge is -2.37. The standard InChI is InChI=1S/C18H27N3O3S/c1-15(18(22)19-16-7-8-16)21-11-9-20(10-12-21)13-14-25(23,24)17-5-3-2-4-6-17/h2-6,15-16H,7-14H2,1H3,(H,19,22). The molecule has 3 rings (SSSR count). The Balaban J connectivity index is 1.44. The molecule has 6 nitrogen and oxygen atoms in total. The number of hydrogen-bond acceptors (Lipinski definition) is 5. The molecular weight excluding hydrogens is 338 g/mol. The molecule has 7 heteroatoms. The van der Waals surface area contributed by atoms with Crippen molar-refractivity contribution in [2.75, 3.05) is 38.5 Å². The Morgan fingerprint density at radius 1 is 1.16 bits per heavy atom. The molecule has 1 aromatic rings. The van der Waals surface area contributed by atoms with Crippen molar-refractivity contribution in [1.29, 1.82) is 0 Å². The minimum absolute atomic E-state index is 0.114. The molecule has 1 atom stereocenters. The molecule has 1 N–H and O–H groups in total. The predicted molar refractivity (Wildman–Crippen MR) is 97.1 cm³/mol. The number of piperazine rings is 1. The van der Waals surface area contributed by atoms with Crippen LogP contribution in [-0.2, 0) is 14.6 Å². The van der Waals surface area contributed by atoms with E-state index in [1.165, 1.54) is 0 Å². The molecule has 1 heterocycles. The zero-order chi connectivity index (χ0) is 17.9.